The quantitative estimate of drug-likeness (QED) is 0.0523. The molecule has 402 valence electrons. The average Bonchev–Trinajstić information content (AvgIpc) is 4.11. The van der Waals surface area contributed by atoms with Gasteiger partial charge in [0.2, 0.25) is 0 Å². The van der Waals surface area contributed by atoms with Crippen molar-refractivity contribution in [3.8, 4) is 0 Å². The minimum Gasteiger partial charge on any atom is -0.481 e. The second-order valence-electron chi connectivity index (χ2n) is 22.4. The van der Waals surface area contributed by atoms with E-state index in [2.05, 4.69) is 121 Å². The van der Waals surface area contributed by atoms with Crippen LogP contribution in [0.4, 0.5) is 0 Å². The van der Waals surface area contributed by atoms with Gasteiger partial charge in [-0.2, -0.15) is 5.92 Å². The van der Waals surface area contributed by atoms with Crippen molar-refractivity contribution in [2.24, 2.45) is 63.6 Å². The van der Waals surface area contributed by atoms with Crippen LogP contribution < -0.4 is 18.9 Å². The van der Waals surface area contributed by atoms with Gasteiger partial charge in [0.1, 0.15) is 0 Å². The van der Waals surface area contributed by atoms with Crippen molar-refractivity contribution in [3.63, 3.8) is 0 Å². The summed E-state index contributed by atoms with van der Waals surface area (Å²) in [5, 5.41) is 25.6. The molecular formula is C52H101I2LiO13. The molecule has 5 saturated heterocycles. The summed E-state index contributed by atoms with van der Waals surface area (Å²) in [6.07, 6.45) is 6.32. The maximum Gasteiger partial charge on any atom is 1.00 e. The third-order valence-electron chi connectivity index (χ3n) is 12.3. The zero-order valence-electron chi connectivity index (χ0n) is 45.7. The maximum absolute atomic E-state index is 10.6. The van der Waals surface area contributed by atoms with Gasteiger partial charge in [0.25, 0.3) is 0 Å². The Hall–Kier alpha value is 1.09. The molecule has 0 bridgehead atoms. The molecule has 13 nitrogen and oxygen atoms in total. The molecule has 68 heavy (non-hydrogen) atoms. The van der Waals surface area contributed by atoms with E-state index in [1.54, 1.807) is 13.8 Å². The molecule has 4 atom stereocenters. The summed E-state index contributed by atoms with van der Waals surface area (Å²) < 4.78 is 51.5. The van der Waals surface area contributed by atoms with E-state index >= 15 is 0 Å². The van der Waals surface area contributed by atoms with Gasteiger partial charge < -0.3 is 64.9 Å². The van der Waals surface area contributed by atoms with Crippen molar-refractivity contribution >= 4 is 51.2 Å². The van der Waals surface area contributed by atoms with Gasteiger partial charge in [0, 0.05) is 64.0 Å². The first-order chi connectivity index (χ1) is 31.3. The minimum absolute atomic E-state index is 0. The number of carbonyl (C=O) groups is 1. The van der Waals surface area contributed by atoms with Gasteiger partial charge in [0.05, 0.1) is 66.1 Å². The van der Waals surface area contributed by atoms with Crippen LogP contribution in [0.1, 0.15) is 142 Å². The molecule has 0 aliphatic carbocycles. The summed E-state index contributed by atoms with van der Waals surface area (Å²) in [6, 6.07) is 0. The van der Waals surface area contributed by atoms with E-state index in [0.717, 1.165) is 84.0 Å². The number of hydrogen-bond donors (Lipinski definition) is 3. The molecule has 0 spiro atoms. The van der Waals surface area contributed by atoms with Crippen LogP contribution in [-0.4, -0.2) is 135 Å². The smallest absolute Gasteiger partial charge is 0.481 e. The average molecular weight is 1200 g/mol. The standard InChI is InChI=1S/C12H23IO2.C12H23O2.C10H18O4.C9H17IO2.C5H12O2.C4H8O.Li/c1-9(2)10(6-13)5-11-14-7-12(3,4)8-15-11;1-9(2)10(3)6-11-13-7-12(4,5)8-14-11;1-7(2)8(5-9(11)12)6-10-13-3-4-14-10;1-7(2)8(6-10)5-9-11-3-4-12-9;1-5(2,3-6)4-7;1-2-4-5-3-1;/h9-11H,5-8H2,1-4H3;9-11H,3,6-8H2,1-2,4-5H3;7-8,10H,3-6H2,1-2H3,(H,11,12);7-9H,3-6H2,1-2H3;6-7H,3-4H2,1-2H3;1-4H2;/q;-1;;;;;+1. The van der Waals surface area contributed by atoms with Crippen molar-refractivity contribution in [1.29, 1.82) is 0 Å². The molecule has 5 aliphatic rings. The number of ether oxygens (including phenoxy) is 9. The van der Waals surface area contributed by atoms with E-state index in [1.165, 1.54) is 21.7 Å². The van der Waals surface area contributed by atoms with Gasteiger partial charge >= 0.3 is 24.8 Å². The Balaban J connectivity index is 0. The normalized spacial score (nSPS) is 21.6. The van der Waals surface area contributed by atoms with Crippen LogP contribution in [0.25, 0.3) is 0 Å². The Labute approximate surface area is 455 Å². The van der Waals surface area contributed by atoms with E-state index in [-0.39, 0.29) is 85.8 Å². The molecule has 3 N–H and O–H groups in total. The molecule has 5 aliphatic heterocycles. The molecule has 0 amide bonds. The first-order valence-electron chi connectivity index (χ1n) is 25.2. The summed E-state index contributed by atoms with van der Waals surface area (Å²) in [4.78, 5) is 10.6. The van der Waals surface area contributed by atoms with Crippen LogP contribution in [0.15, 0.2) is 0 Å². The zero-order chi connectivity index (χ0) is 51.2. The van der Waals surface area contributed by atoms with E-state index in [4.69, 9.17) is 58.0 Å². The van der Waals surface area contributed by atoms with Crippen molar-refractivity contribution in [1.82, 2.24) is 0 Å². The van der Waals surface area contributed by atoms with Gasteiger partial charge in [0.15, 0.2) is 25.2 Å². The fourth-order valence-electron chi connectivity index (χ4n) is 6.48. The fourth-order valence-corrected chi connectivity index (χ4v) is 9.23. The maximum atomic E-state index is 10.6. The Morgan fingerprint density at radius 2 is 0.868 bits per heavy atom. The largest absolute Gasteiger partial charge is 1.00 e. The molecule has 5 heterocycles. The van der Waals surface area contributed by atoms with Crippen LogP contribution in [0.5, 0.6) is 0 Å². The monoisotopic (exact) mass is 1190 g/mol. The first-order valence-corrected chi connectivity index (χ1v) is 28.2. The number of carboxylic acid groups (broad SMARTS) is 1. The number of aliphatic carboxylic acids is 1. The van der Waals surface area contributed by atoms with E-state index in [0.29, 0.717) is 49.2 Å². The van der Waals surface area contributed by atoms with Crippen molar-refractivity contribution in [3.05, 3.63) is 6.92 Å². The molecule has 0 aromatic rings. The van der Waals surface area contributed by atoms with E-state index < -0.39 is 5.97 Å². The topological polar surface area (TPSA) is 161 Å². The number of alkyl halides is 2. The number of aliphatic hydroxyl groups is 2. The van der Waals surface area contributed by atoms with Crippen LogP contribution in [0.3, 0.4) is 0 Å². The van der Waals surface area contributed by atoms with Gasteiger partial charge in [-0.25, -0.2) is 0 Å². The van der Waals surface area contributed by atoms with Crippen LogP contribution in [-0.2, 0) is 47.4 Å². The SMILES string of the molecule is C1CCOC1.CC(C)(CO)CO.CC(C)C(CC(=O)O)CC1OCCO1.CC(C)C(CI)CC1OCC(C)(C)CO1.CC(C)C(CI)CC1OCCO1.[CH2-]C(CC1OCC(C)(C)CO1)C(C)C.[Li+]. The van der Waals surface area contributed by atoms with Crippen LogP contribution >= 0.6 is 45.2 Å². The van der Waals surface area contributed by atoms with Crippen molar-refractivity contribution < 1.29 is 81.6 Å². The van der Waals surface area contributed by atoms with E-state index in [1.807, 2.05) is 13.8 Å². The van der Waals surface area contributed by atoms with Gasteiger partial charge in [-0.1, -0.05) is 148 Å². The fraction of sp³-hybridized carbons (Fsp3) is 0.962. The molecule has 16 heteroatoms. The predicted molar refractivity (Wildman–Crippen MR) is 285 cm³/mol. The summed E-state index contributed by atoms with van der Waals surface area (Å²) in [5.41, 5.74) is 0.0547. The molecule has 0 radical (unpaired) electrons. The van der Waals surface area contributed by atoms with Gasteiger partial charge in [-0.3, -0.25) is 4.79 Å². The van der Waals surface area contributed by atoms with Crippen LogP contribution in [0, 0.1) is 70.5 Å². The number of rotatable bonds is 18. The molecule has 5 fully saturated rings. The molecule has 4 unspecified atom stereocenters. The zero-order valence-corrected chi connectivity index (χ0v) is 50.0. The summed E-state index contributed by atoms with van der Waals surface area (Å²) in [6.45, 7) is 42.0. The second-order valence-corrected chi connectivity index (χ2v) is 24.2. The summed E-state index contributed by atoms with van der Waals surface area (Å²) in [5.74, 6) is 3.62. The summed E-state index contributed by atoms with van der Waals surface area (Å²) in [7, 11) is 0. The number of hydrogen-bond acceptors (Lipinski definition) is 12. The third-order valence-corrected chi connectivity index (χ3v) is 14.6. The van der Waals surface area contributed by atoms with Crippen LogP contribution in [0.2, 0.25) is 0 Å². The molecule has 5 rings (SSSR count). The van der Waals surface area contributed by atoms with Gasteiger partial charge in [-0.15, -0.1) is 0 Å². The Kier molecular flexibility index (Phi) is 41.3. The second kappa shape index (κ2) is 39.5. The third kappa shape index (κ3) is 36.1. The van der Waals surface area contributed by atoms with Gasteiger partial charge in [-0.05, 0) is 54.8 Å². The number of halogens is 2. The van der Waals surface area contributed by atoms with Crippen molar-refractivity contribution in [2.45, 2.75) is 167 Å². The number of aliphatic hydroxyl groups excluding tert-OH is 2. The van der Waals surface area contributed by atoms with Crippen molar-refractivity contribution in [2.75, 3.05) is 88.1 Å². The molecule has 0 aromatic heterocycles. The Morgan fingerprint density at radius 3 is 1.10 bits per heavy atom. The first kappa shape index (κ1) is 71.2. The summed E-state index contributed by atoms with van der Waals surface area (Å²) >= 11 is 4.90. The Bertz CT molecular complexity index is 1160. The predicted octanol–water partition coefficient (Wildman–Crippen LogP) is 8.12. The molecule has 0 aromatic carbocycles. The Morgan fingerprint density at radius 1 is 0.559 bits per heavy atom. The minimum atomic E-state index is -0.748. The molecule has 0 saturated carbocycles. The van der Waals surface area contributed by atoms with E-state index in [9.17, 15) is 4.79 Å². The number of carboxylic acids is 1. The molecular weight excluding hydrogens is 1090 g/mol.